The van der Waals surface area contributed by atoms with Crippen LogP contribution in [0.3, 0.4) is 0 Å². The van der Waals surface area contributed by atoms with E-state index in [2.05, 4.69) is 30.7 Å². The Bertz CT molecular complexity index is 1290. The van der Waals surface area contributed by atoms with Crippen molar-refractivity contribution in [2.75, 3.05) is 13.2 Å². The lowest BCUT2D eigenvalue weighted by molar-refractivity contribution is -0.126. The molecule has 1 amide bonds. The van der Waals surface area contributed by atoms with Gasteiger partial charge in [0, 0.05) is 0 Å². The number of fused-ring (bicyclic) bond motifs is 1. The van der Waals surface area contributed by atoms with Crippen LogP contribution < -0.4 is 15.8 Å². The van der Waals surface area contributed by atoms with Gasteiger partial charge in [-0.05, 0) is 48.5 Å². The quantitative estimate of drug-likeness (QED) is 0.334. The van der Waals surface area contributed by atoms with Gasteiger partial charge in [-0.1, -0.05) is 30.3 Å². The lowest BCUT2D eigenvalue weighted by atomic mass is 10.0. The maximum Gasteiger partial charge on any atom is 0.240 e. The molecule has 11 nitrogen and oxygen atoms in total. The van der Waals surface area contributed by atoms with Crippen molar-refractivity contribution in [1.29, 1.82) is 0 Å². The van der Waals surface area contributed by atoms with Crippen LogP contribution >= 0.6 is 0 Å². The van der Waals surface area contributed by atoms with E-state index >= 15 is 0 Å². The number of amides is 1. The molecule has 0 radical (unpaired) electrons. The number of aromatic nitrogens is 5. The van der Waals surface area contributed by atoms with Gasteiger partial charge in [0.15, 0.2) is 23.3 Å². The third-order valence-electron chi connectivity index (χ3n) is 5.27. The number of carbonyl (C=O) groups excluding carboxylic acids is 1. The maximum absolute atomic E-state index is 12.8. The molecule has 0 aliphatic heterocycles. The molecule has 2 heterocycles. The van der Waals surface area contributed by atoms with Crippen molar-refractivity contribution in [3.63, 3.8) is 0 Å². The second kappa shape index (κ2) is 10.3. The molecule has 0 spiro atoms. The van der Waals surface area contributed by atoms with Crippen molar-refractivity contribution in [3.05, 3.63) is 77.7 Å². The van der Waals surface area contributed by atoms with E-state index in [0.29, 0.717) is 28.6 Å². The van der Waals surface area contributed by atoms with Gasteiger partial charge in [0.2, 0.25) is 12.5 Å². The Labute approximate surface area is 202 Å². The third kappa shape index (κ3) is 5.80. The van der Waals surface area contributed by atoms with Gasteiger partial charge in [-0.2, -0.15) is 0 Å². The first-order chi connectivity index (χ1) is 16.8. The summed E-state index contributed by atoms with van der Waals surface area (Å²) in [5.41, 5.74) is 6.22. The molecular weight excluding hydrogens is 448 g/mol. The number of tetrazole rings is 1. The Balaban J connectivity index is 1.64. The highest BCUT2D eigenvalue weighted by atomic mass is 16.5. The highest BCUT2D eigenvalue weighted by Crippen LogP contribution is 2.23. The molecule has 0 saturated heterocycles. The summed E-state index contributed by atoms with van der Waals surface area (Å²) >= 11 is 0. The van der Waals surface area contributed by atoms with Gasteiger partial charge >= 0.3 is 0 Å². The summed E-state index contributed by atoms with van der Waals surface area (Å²) in [4.78, 5) is 20.9. The molecule has 11 heteroatoms. The van der Waals surface area contributed by atoms with Gasteiger partial charge in [-0.25, -0.2) is 16.2 Å². The highest BCUT2D eigenvalue weighted by molar-refractivity contribution is 5.85. The molecule has 0 bridgehead atoms. The largest absolute Gasteiger partial charge is 0.491 e. The lowest BCUT2D eigenvalue weighted by Gasteiger charge is -2.24. The SMILES string of the molecule is [C-]#[N+]C[C@H](COc1ccccc1)n1nnnc1[C@@H](Cc1nc2ccccc2o1)NC(=O)C(C)(C)N. The van der Waals surface area contributed by atoms with Gasteiger partial charge in [-0.15, -0.1) is 5.10 Å². The van der Waals surface area contributed by atoms with Crippen molar-refractivity contribution in [2.45, 2.75) is 37.9 Å². The van der Waals surface area contributed by atoms with Gasteiger partial charge in [-0.3, -0.25) is 4.79 Å². The summed E-state index contributed by atoms with van der Waals surface area (Å²) in [6.45, 7) is 10.9. The van der Waals surface area contributed by atoms with Crippen LogP contribution in [0.4, 0.5) is 0 Å². The predicted octanol–water partition coefficient (Wildman–Crippen LogP) is 2.49. The number of nitrogens with zero attached hydrogens (tertiary/aromatic N) is 6. The van der Waals surface area contributed by atoms with Crippen molar-refractivity contribution in [1.82, 2.24) is 30.5 Å². The van der Waals surface area contributed by atoms with Crippen LogP contribution in [-0.2, 0) is 11.2 Å². The molecule has 4 aromatic rings. The van der Waals surface area contributed by atoms with E-state index < -0.39 is 23.5 Å². The molecule has 0 aliphatic rings. The Morgan fingerprint density at radius 3 is 2.69 bits per heavy atom. The minimum Gasteiger partial charge on any atom is -0.491 e. The average molecular weight is 475 g/mol. The normalized spacial score (nSPS) is 13.2. The Kier molecular flexibility index (Phi) is 7.03. The third-order valence-corrected chi connectivity index (χ3v) is 5.27. The summed E-state index contributed by atoms with van der Waals surface area (Å²) in [6, 6.07) is 15.5. The maximum atomic E-state index is 12.8. The first-order valence-electron chi connectivity index (χ1n) is 11.1. The highest BCUT2D eigenvalue weighted by Gasteiger charge is 2.32. The zero-order valence-corrected chi connectivity index (χ0v) is 19.5. The number of hydrogen-bond donors (Lipinski definition) is 2. The lowest BCUT2D eigenvalue weighted by Crippen LogP contribution is -2.50. The zero-order valence-electron chi connectivity index (χ0n) is 19.5. The van der Waals surface area contributed by atoms with Crippen LogP contribution in [0.25, 0.3) is 15.9 Å². The summed E-state index contributed by atoms with van der Waals surface area (Å²) in [5.74, 6) is 1.02. The Morgan fingerprint density at radius 1 is 1.23 bits per heavy atom. The standard InChI is InChI=1S/C24H26N8O3/c1-24(2,25)23(33)28-19(13-21-27-18-11-7-8-12-20(18)35-21)22-29-30-31-32(22)16(14-26-3)15-34-17-9-5-4-6-10-17/h4-12,16,19H,13-15,25H2,1-2H3,(H,28,33)/t16-,19-/m1/s1. The molecule has 180 valence electrons. The van der Waals surface area contributed by atoms with Crippen LogP contribution in [0.1, 0.15) is 37.6 Å². The van der Waals surface area contributed by atoms with Gasteiger partial charge in [0.1, 0.15) is 17.9 Å². The number of benzene rings is 2. The van der Waals surface area contributed by atoms with E-state index in [0.717, 1.165) is 0 Å². The number of hydrogen-bond acceptors (Lipinski definition) is 8. The summed E-state index contributed by atoms with van der Waals surface area (Å²) in [5, 5.41) is 15.0. The van der Waals surface area contributed by atoms with Crippen molar-refractivity contribution >= 4 is 17.0 Å². The molecule has 4 rings (SSSR count). The van der Waals surface area contributed by atoms with Gasteiger partial charge in [0.25, 0.3) is 0 Å². The van der Waals surface area contributed by atoms with Crippen LogP contribution in [0.5, 0.6) is 5.75 Å². The minimum atomic E-state index is -1.13. The fourth-order valence-electron chi connectivity index (χ4n) is 3.44. The van der Waals surface area contributed by atoms with E-state index in [9.17, 15) is 4.79 Å². The first-order valence-corrected chi connectivity index (χ1v) is 11.1. The number of nitrogens with one attached hydrogen (secondary N) is 1. The monoisotopic (exact) mass is 474 g/mol. The van der Waals surface area contributed by atoms with Crippen LogP contribution in [-0.4, -0.2) is 49.8 Å². The van der Waals surface area contributed by atoms with Crippen LogP contribution in [0.15, 0.2) is 59.0 Å². The number of para-hydroxylation sites is 3. The number of oxazole rings is 1. The Hall–Kier alpha value is -4.30. The van der Waals surface area contributed by atoms with Crippen molar-refractivity contribution in [3.8, 4) is 5.75 Å². The zero-order chi connectivity index (χ0) is 24.8. The van der Waals surface area contributed by atoms with Crippen LogP contribution in [0.2, 0.25) is 0 Å². The molecule has 0 aliphatic carbocycles. The predicted molar refractivity (Wildman–Crippen MR) is 127 cm³/mol. The molecule has 2 aromatic heterocycles. The first kappa shape index (κ1) is 23.8. The summed E-state index contributed by atoms with van der Waals surface area (Å²) in [6.07, 6.45) is 0.182. The van der Waals surface area contributed by atoms with E-state index in [-0.39, 0.29) is 19.6 Å². The number of ether oxygens (including phenoxy) is 1. The number of carbonyl (C=O) groups is 1. The molecule has 0 fully saturated rings. The fourth-order valence-corrected chi connectivity index (χ4v) is 3.44. The van der Waals surface area contributed by atoms with Crippen LogP contribution in [0, 0.1) is 6.57 Å². The molecule has 2 aromatic carbocycles. The van der Waals surface area contributed by atoms with Crippen molar-refractivity contribution < 1.29 is 13.9 Å². The van der Waals surface area contributed by atoms with Crippen molar-refractivity contribution in [2.24, 2.45) is 5.73 Å². The number of rotatable bonds is 10. The Morgan fingerprint density at radius 2 is 1.97 bits per heavy atom. The summed E-state index contributed by atoms with van der Waals surface area (Å²) < 4.78 is 13.3. The van der Waals surface area contributed by atoms with E-state index in [1.807, 2.05) is 54.6 Å². The molecular formula is C24H26N8O3. The smallest absolute Gasteiger partial charge is 0.240 e. The fraction of sp³-hybridized carbons (Fsp3) is 0.333. The topological polar surface area (TPSA) is 138 Å². The molecule has 0 unspecified atom stereocenters. The van der Waals surface area contributed by atoms with Gasteiger partial charge in [0.05, 0.1) is 18.0 Å². The van der Waals surface area contributed by atoms with Gasteiger partial charge < -0.3 is 25.0 Å². The van der Waals surface area contributed by atoms with E-state index in [1.54, 1.807) is 13.8 Å². The average Bonchev–Trinajstić information content (AvgIpc) is 3.48. The molecule has 0 saturated carbocycles. The second-order valence-corrected chi connectivity index (χ2v) is 8.63. The second-order valence-electron chi connectivity index (χ2n) is 8.63. The number of nitrogens with two attached hydrogens (primary N) is 1. The molecule has 2 atom stereocenters. The van der Waals surface area contributed by atoms with E-state index in [1.165, 1.54) is 4.68 Å². The van der Waals surface area contributed by atoms with E-state index in [4.69, 9.17) is 21.5 Å². The molecule has 3 N–H and O–H groups in total. The molecule has 35 heavy (non-hydrogen) atoms. The minimum absolute atomic E-state index is 0.0802. The summed E-state index contributed by atoms with van der Waals surface area (Å²) in [7, 11) is 0.